The van der Waals surface area contributed by atoms with Gasteiger partial charge in [-0.2, -0.15) is 0 Å². The molecule has 0 saturated carbocycles. The van der Waals surface area contributed by atoms with Crippen LogP contribution in [0, 0.1) is 6.42 Å². The first-order valence-electron chi connectivity index (χ1n) is 2.73. The Bertz CT molecular complexity index is 25.7. The SMILES string of the molecule is [CH]1CCNCNC1. The number of nitrogens with one attached hydrogen (secondary N) is 2. The fourth-order valence-corrected chi connectivity index (χ4v) is 0.657. The van der Waals surface area contributed by atoms with E-state index in [-0.39, 0.29) is 0 Å². The lowest BCUT2D eigenvalue weighted by atomic mass is 10.3. The Labute approximate surface area is 44.3 Å². The van der Waals surface area contributed by atoms with Crippen molar-refractivity contribution in [2.75, 3.05) is 19.8 Å². The summed E-state index contributed by atoms with van der Waals surface area (Å²) in [6, 6.07) is 0. The molecule has 1 radical (unpaired) electrons. The third kappa shape index (κ3) is 1.90. The summed E-state index contributed by atoms with van der Waals surface area (Å²) in [7, 11) is 0. The number of hydrogen-bond donors (Lipinski definition) is 2. The molecule has 1 aliphatic rings. The summed E-state index contributed by atoms with van der Waals surface area (Å²) in [4.78, 5) is 0. The number of rotatable bonds is 0. The van der Waals surface area contributed by atoms with Gasteiger partial charge in [-0.1, -0.05) is 0 Å². The maximum Gasteiger partial charge on any atom is 0.0454 e. The van der Waals surface area contributed by atoms with Crippen LogP contribution in [0.25, 0.3) is 0 Å². The van der Waals surface area contributed by atoms with E-state index in [0.717, 1.165) is 19.8 Å². The third-order valence-electron chi connectivity index (χ3n) is 1.06. The van der Waals surface area contributed by atoms with E-state index in [9.17, 15) is 0 Å². The molecular weight excluding hydrogens is 88.1 g/mol. The molecule has 7 heavy (non-hydrogen) atoms. The molecule has 0 aromatic heterocycles. The van der Waals surface area contributed by atoms with E-state index in [4.69, 9.17) is 0 Å². The Balaban J connectivity index is 2.04. The Morgan fingerprint density at radius 3 is 3.29 bits per heavy atom. The average molecular weight is 99.2 g/mol. The minimum atomic E-state index is 0.969. The highest BCUT2D eigenvalue weighted by Gasteiger charge is 1.92. The number of hydrogen-bond acceptors (Lipinski definition) is 2. The second-order valence-corrected chi connectivity index (χ2v) is 1.71. The Morgan fingerprint density at radius 2 is 2.29 bits per heavy atom. The summed E-state index contributed by atoms with van der Waals surface area (Å²) >= 11 is 0. The molecule has 1 heterocycles. The Morgan fingerprint density at radius 1 is 1.29 bits per heavy atom. The molecule has 1 aliphatic heterocycles. The van der Waals surface area contributed by atoms with Crippen LogP contribution in [0.15, 0.2) is 0 Å². The first-order chi connectivity index (χ1) is 3.50. The molecule has 2 N–H and O–H groups in total. The fourth-order valence-electron chi connectivity index (χ4n) is 0.657. The van der Waals surface area contributed by atoms with Crippen molar-refractivity contribution in [1.82, 2.24) is 10.6 Å². The quantitative estimate of drug-likeness (QED) is 0.437. The second-order valence-electron chi connectivity index (χ2n) is 1.71. The van der Waals surface area contributed by atoms with Crippen molar-refractivity contribution >= 4 is 0 Å². The Hall–Kier alpha value is -0.0800. The van der Waals surface area contributed by atoms with Crippen LogP contribution in [0.2, 0.25) is 0 Å². The Kier molecular flexibility index (Phi) is 2.17. The first-order valence-corrected chi connectivity index (χ1v) is 2.73. The molecule has 0 spiro atoms. The molecule has 2 heteroatoms. The van der Waals surface area contributed by atoms with Crippen molar-refractivity contribution in [2.45, 2.75) is 6.42 Å². The van der Waals surface area contributed by atoms with Crippen LogP contribution in [-0.2, 0) is 0 Å². The molecule has 1 fully saturated rings. The van der Waals surface area contributed by atoms with Gasteiger partial charge in [0.15, 0.2) is 0 Å². The summed E-state index contributed by atoms with van der Waals surface area (Å²) in [5.41, 5.74) is 0. The summed E-state index contributed by atoms with van der Waals surface area (Å²) in [6.07, 6.45) is 3.45. The lowest BCUT2D eigenvalue weighted by molar-refractivity contribution is 0.654. The van der Waals surface area contributed by atoms with E-state index in [1.165, 1.54) is 6.42 Å². The van der Waals surface area contributed by atoms with Crippen LogP contribution in [-0.4, -0.2) is 19.8 Å². The van der Waals surface area contributed by atoms with Gasteiger partial charge in [0.25, 0.3) is 0 Å². The summed E-state index contributed by atoms with van der Waals surface area (Å²) < 4.78 is 0. The van der Waals surface area contributed by atoms with Gasteiger partial charge in [-0.05, 0) is 25.9 Å². The first kappa shape index (κ1) is 5.06. The molecule has 2 nitrogen and oxygen atoms in total. The van der Waals surface area contributed by atoms with E-state index < -0.39 is 0 Å². The third-order valence-corrected chi connectivity index (χ3v) is 1.06. The van der Waals surface area contributed by atoms with Gasteiger partial charge in [0, 0.05) is 6.67 Å². The van der Waals surface area contributed by atoms with Crippen LogP contribution in [0.1, 0.15) is 6.42 Å². The highest BCUT2D eigenvalue weighted by atomic mass is 15.1. The molecule has 1 rings (SSSR count). The smallest absolute Gasteiger partial charge is 0.0454 e. The predicted molar refractivity (Wildman–Crippen MR) is 29.8 cm³/mol. The maximum atomic E-state index is 3.20. The van der Waals surface area contributed by atoms with Crippen molar-refractivity contribution in [2.24, 2.45) is 0 Å². The van der Waals surface area contributed by atoms with E-state index in [0.29, 0.717) is 0 Å². The van der Waals surface area contributed by atoms with E-state index in [1.54, 1.807) is 0 Å². The van der Waals surface area contributed by atoms with Crippen LogP contribution in [0.5, 0.6) is 0 Å². The second kappa shape index (κ2) is 2.99. The highest BCUT2D eigenvalue weighted by Crippen LogP contribution is 1.83. The molecule has 0 aromatic rings. The monoisotopic (exact) mass is 99.1 g/mol. The lowest BCUT2D eigenvalue weighted by Crippen LogP contribution is -2.25. The molecule has 0 bridgehead atoms. The van der Waals surface area contributed by atoms with Crippen molar-refractivity contribution in [3.63, 3.8) is 0 Å². The molecule has 1 saturated heterocycles. The van der Waals surface area contributed by atoms with Crippen LogP contribution >= 0.6 is 0 Å². The van der Waals surface area contributed by atoms with Gasteiger partial charge in [-0.3, -0.25) is 0 Å². The molecular formula is C5H11N2. The van der Waals surface area contributed by atoms with Gasteiger partial charge < -0.3 is 10.6 Å². The van der Waals surface area contributed by atoms with Crippen molar-refractivity contribution in [3.8, 4) is 0 Å². The van der Waals surface area contributed by atoms with Gasteiger partial charge in [-0.15, -0.1) is 0 Å². The van der Waals surface area contributed by atoms with Gasteiger partial charge in [0.2, 0.25) is 0 Å². The van der Waals surface area contributed by atoms with E-state index in [2.05, 4.69) is 17.1 Å². The minimum absolute atomic E-state index is 0.969. The fraction of sp³-hybridized carbons (Fsp3) is 0.800. The van der Waals surface area contributed by atoms with Crippen LogP contribution in [0.3, 0.4) is 0 Å². The van der Waals surface area contributed by atoms with E-state index >= 15 is 0 Å². The van der Waals surface area contributed by atoms with Crippen LogP contribution < -0.4 is 10.6 Å². The molecule has 41 valence electrons. The summed E-state index contributed by atoms with van der Waals surface area (Å²) in [5, 5.41) is 6.39. The van der Waals surface area contributed by atoms with Crippen LogP contribution in [0.4, 0.5) is 0 Å². The molecule has 0 unspecified atom stereocenters. The topological polar surface area (TPSA) is 24.1 Å². The van der Waals surface area contributed by atoms with Crippen molar-refractivity contribution in [1.29, 1.82) is 0 Å². The lowest BCUT2D eigenvalue weighted by Gasteiger charge is -1.94. The molecule has 0 aromatic carbocycles. The standard InChI is InChI=1S/C5H11N2/c1-2-4-7-5-6-3-1/h1,6-7H,2-5H2. The molecule has 0 aliphatic carbocycles. The predicted octanol–water partition coefficient (Wildman–Crippen LogP) is -0.269. The summed E-state index contributed by atoms with van der Waals surface area (Å²) in [6.45, 7) is 3.16. The van der Waals surface area contributed by atoms with Crippen molar-refractivity contribution < 1.29 is 0 Å². The normalized spacial score (nSPS) is 24.0. The van der Waals surface area contributed by atoms with Gasteiger partial charge in [0.05, 0.1) is 0 Å². The molecule has 0 atom stereocenters. The maximum absolute atomic E-state index is 3.20. The zero-order valence-corrected chi connectivity index (χ0v) is 4.41. The van der Waals surface area contributed by atoms with Crippen molar-refractivity contribution in [3.05, 3.63) is 6.42 Å². The van der Waals surface area contributed by atoms with Gasteiger partial charge in [0.1, 0.15) is 0 Å². The average Bonchev–Trinajstić information content (AvgIpc) is 1.90. The minimum Gasteiger partial charge on any atom is -0.304 e. The highest BCUT2D eigenvalue weighted by molar-refractivity contribution is 4.71. The zero-order valence-electron chi connectivity index (χ0n) is 4.41. The largest absolute Gasteiger partial charge is 0.304 e. The van der Waals surface area contributed by atoms with Gasteiger partial charge >= 0.3 is 0 Å². The zero-order chi connectivity index (χ0) is 4.95. The van der Waals surface area contributed by atoms with E-state index in [1.807, 2.05) is 0 Å². The summed E-state index contributed by atoms with van der Waals surface area (Å²) in [5.74, 6) is 0. The molecule has 0 amide bonds. The van der Waals surface area contributed by atoms with Gasteiger partial charge in [-0.25, -0.2) is 0 Å².